The molecule has 0 aromatic heterocycles. The van der Waals surface area contributed by atoms with E-state index in [1.807, 2.05) is 24.3 Å². The lowest BCUT2D eigenvalue weighted by molar-refractivity contribution is -0.137. The summed E-state index contributed by atoms with van der Waals surface area (Å²) < 4.78 is 0. The predicted octanol–water partition coefficient (Wildman–Crippen LogP) is 6.22. The van der Waals surface area contributed by atoms with Gasteiger partial charge in [-0.2, -0.15) is 0 Å². The van der Waals surface area contributed by atoms with Crippen LogP contribution in [0.25, 0.3) is 0 Å². The average Bonchev–Trinajstić information content (AvgIpc) is 2.50. The number of allylic oxidation sites excluding steroid dienone is 7. The highest BCUT2D eigenvalue weighted by Crippen LogP contribution is 2.11. The highest BCUT2D eigenvalue weighted by Gasteiger charge is 1.96. The van der Waals surface area contributed by atoms with Gasteiger partial charge in [0.2, 0.25) is 0 Å². The molecule has 0 radical (unpaired) electrons. The molecule has 0 saturated carbocycles. The van der Waals surface area contributed by atoms with E-state index in [9.17, 15) is 4.79 Å². The first-order valence-electron chi connectivity index (χ1n) is 8.60. The molecule has 0 saturated heterocycles. The quantitative estimate of drug-likeness (QED) is 0.288. The molecule has 0 aliphatic carbocycles. The molecule has 0 heterocycles. The third kappa shape index (κ3) is 18.4. The Kier molecular flexibility index (Phi) is 16.2. The standard InChI is InChI=1S/C20H32O2/c1-2-3-4-5-6-7-8-9-10-11-12-13-14-15-16-17-18-19-20(21)22/h2-8H,1,9-19H2,(H,21,22). The smallest absolute Gasteiger partial charge is 0.303 e. The Morgan fingerprint density at radius 3 is 1.82 bits per heavy atom. The zero-order valence-electron chi connectivity index (χ0n) is 13.9. The van der Waals surface area contributed by atoms with Crippen molar-refractivity contribution in [2.24, 2.45) is 0 Å². The number of hydrogen-bond acceptors (Lipinski definition) is 1. The van der Waals surface area contributed by atoms with Gasteiger partial charge in [0, 0.05) is 6.42 Å². The van der Waals surface area contributed by atoms with Crippen LogP contribution in [-0.4, -0.2) is 11.1 Å². The summed E-state index contributed by atoms with van der Waals surface area (Å²) in [5, 5.41) is 8.52. The van der Waals surface area contributed by atoms with Crippen LogP contribution in [0.1, 0.15) is 70.6 Å². The van der Waals surface area contributed by atoms with E-state index < -0.39 is 5.97 Å². The van der Waals surface area contributed by atoms with E-state index in [2.05, 4.69) is 18.7 Å². The first kappa shape index (κ1) is 20.4. The molecule has 22 heavy (non-hydrogen) atoms. The lowest BCUT2D eigenvalue weighted by atomic mass is 10.1. The second-order valence-electron chi connectivity index (χ2n) is 5.55. The third-order valence-electron chi connectivity index (χ3n) is 3.48. The minimum atomic E-state index is -0.669. The van der Waals surface area contributed by atoms with Gasteiger partial charge in [0.25, 0.3) is 0 Å². The first-order chi connectivity index (χ1) is 10.8. The predicted molar refractivity (Wildman–Crippen MR) is 96.0 cm³/mol. The van der Waals surface area contributed by atoms with E-state index in [0.717, 1.165) is 19.3 Å². The highest BCUT2D eigenvalue weighted by atomic mass is 16.4. The topological polar surface area (TPSA) is 37.3 Å². The van der Waals surface area contributed by atoms with Crippen LogP contribution in [0.15, 0.2) is 49.1 Å². The zero-order chi connectivity index (χ0) is 16.3. The van der Waals surface area contributed by atoms with Crippen LogP contribution in [-0.2, 0) is 4.79 Å². The number of carboxylic acid groups (broad SMARTS) is 1. The van der Waals surface area contributed by atoms with Gasteiger partial charge in [-0.05, 0) is 19.3 Å². The summed E-state index contributed by atoms with van der Waals surface area (Å²) in [7, 11) is 0. The van der Waals surface area contributed by atoms with E-state index in [1.165, 1.54) is 44.9 Å². The van der Waals surface area contributed by atoms with Crippen molar-refractivity contribution >= 4 is 5.97 Å². The molecule has 2 nitrogen and oxygen atoms in total. The summed E-state index contributed by atoms with van der Waals surface area (Å²) in [4.78, 5) is 10.3. The largest absolute Gasteiger partial charge is 0.481 e. The minimum absolute atomic E-state index is 0.327. The summed E-state index contributed by atoms with van der Waals surface area (Å²) >= 11 is 0. The highest BCUT2D eigenvalue weighted by molar-refractivity contribution is 5.66. The minimum Gasteiger partial charge on any atom is -0.481 e. The Morgan fingerprint density at radius 2 is 1.23 bits per heavy atom. The monoisotopic (exact) mass is 304 g/mol. The van der Waals surface area contributed by atoms with Crippen molar-refractivity contribution < 1.29 is 9.90 Å². The van der Waals surface area contributed by atoms with Crippen LogP contribution < -0.4 is 0 Å². The average molecular weight is 304 g/mol. The van der Waals surface area contributed by atoms with E-state index >= 15 is 0 Å². The van der Waals surface area contributed by atoms with Crippen LogP contribution in [0.2, 0.25) is 0 Å². The molecule has 0 atom stereocenters. The van der Waals surface area contributed by atoms with Gasteiger partial charge in [0.1, 0.15) is 0 Å². The Hall–Kier alpha value is -1.57. The second-order valence-corrected chi connectivity index (χ2v) is 5.55. The van der Waals surface area contributed by atoms with Gasteiger partial charge in [0.15, 0.2) is 0 Å². The van der Waals surface area contributed by atoms with E-state index in [0.29, 0.717) is 6.42 Å². The van der Waals surface area contributed by atoms with Crippen LogP contribution >= 0.6 is 0 Å². The molecular formula is C20H32O2. The number of unbranched alkanes of at least 4 members (excludes halogenated alkanes) is 9. The zero-order valence-corrected chi connectivity index (χ0v) is 13.9. The van der Waals surface area contributed by atoms with Crippen molar-refractivity contribution in [3.05, 3.63) is 49.1 Å². The van der Waals surface area contributed by atoms with Gasteiger partial charge in [-0.15, -0.1) is 0 Å². The van der Waals surface area contributed by atoms with Crippen LogP contribution in [0, 0.1) is 0 Å². The number of carboxylic acids is 1. The van der Waals surface area contributed by atoms with Gasteiger partial charge in [-0.1, -0.05) is 94.1 Å². The molecular weight excluding hydrogens is 272 g/mol. The molecule has 0 rings (SSSR count). The maximum Gasteiger partial charge on any atom is 0.303 e. The molecule has 2 heteroatoms. The summed E-state index contributed by atoms with van der Waals surface area (Å²) in [6.45, 7) is 3.61. The van der Waals surface area contributed by atoms with Crippen LogP contribution in [0.3, 0.4) is 0 Å². The molecule has 0 aromatic rings. The third-order valence-corrected chi connectivity index (χ3v) is 3.48. The maximum atomic E-state index is 10.3. The SMILES string of the molecule is C=CC=CC=CC=CCCCCCCCCCCCC(=O)O. The molecule has 0 spiro atoms. The van der Waals surface area contributed by atoms with Gasteiger partial charge >= 0.3 is 5.97 Å². The molecule has 0 aromatic carbocycles. The van der Waals surface area contributed by atoms with E-state index in [-0.39, 0.29) is 0 Å². The Balaban J connectivity index is 3.18. The molecule has 0 bridgehead atoms. The first-order valence-corrected chi connectivity index (χ1v) is 8.60. The summed E-state index contributed by atoms with van der Waals surface area (Å²) in [5.74, 6) is -0.669. The van der Waals surface area contributed by atoms with Gasteiger partial charge in [-0.3, -0.25) is 4.79 Å². The fourth-order valence-corrected chi connectivity index (χ4v) is 2.22. The maximum absolute atomic E-state index is 10.3. The lowest BCUT2D eigenvalue weighted by Crippen LogP contribution is -1.93. The number of carbonyl (C=O) groups is 1. The summed E-state index contributed by atoms with van der Waals surface area (Å²) in [6.07, 6.45) is 26.4. The Morgan fingerprint density at radius 1 is 0.727 bits per heavy atom. The molecule has 0 fully saturated rings. The number of hydrogen-bond donors (Lipinski definition) is 1. The molecule has 0 aliphatic heterocycles. The van der Waals surface area contributed by atoms with Crippen molar-refractivity contribution in [1.82, 2.24) is 0 Å². The Bertz CT molecular complexity index is 351. The van der Waals surface area contributed by atoms with Crippen molar-refractivity contribution in [1.29, 1.82) is 0 Å². The van der Waals surface area contributed by atoms with Crippen molar-refractivity contribution in [3.63, 3.8) is 0 Å². The summed E-state index contributed by atoms with van der Waals surface area (Å²) in [6, 6.07) is 0. The van der Waals surface area contributed by atoms with Crippen molar-refractivity contribution in [2.45, 2.75) is 70.6 Å². The Labute approximate surface area is 136 Å². The van der Waals surface area contributed by atoms with Crippen LogP contribution in [0.4, 0.5) is 0 Å². The van der Waals surface area contributed by atoms with Crippen LogP contribution in [0.5, 0.6) is 0 Å². The normalized spacial score (nSPS) is 11.8. The van der Waals surface area contributed by atoms with E-state index in [4.69, 9.17) is 5.11 Å². The number of rotatable bonds is 15. The molecule has 124 valence electrons. The van der Waals surface area contributed by atoms with Gasteiger partial charge in [0.05, 0.1) is 0 Å². The lowest BCUT2D eigenvalue weighted by Gasteiger charge is -2.01. The molecule has 0 unspecified atom stereocenters. The molecule has 0 amide bonds. The molecule has 1 N–H and O–H groups in total. The fraction of sp³-hybridized carbons (Fsp3) is 0.550. The summed E-state index contributed by atoms with van der Waals surface area (Å²) in [5.41, 5.74) is 0. The van der Waals surface area contributed by atoms with E-state index in [1.54, 1.807) is 6.08 Å². The fourth-order valence-electron chi connectivity index (χ4n) is 2.22. The second kappa shape index (κ2) is 17.5. The van der Waals surface area contributed by atoms with Crippen molar-refractivity contribution in [3.8, 4) is 0 Å². The van der Waals surface area contributed by atoms with Gasteiger partial charge in [-0.25, -0.2) is 0 Å². The number of aliphatic carboxylic acids is 1. The molecule has 0 aliphatic rings. The van der Waals surface area contributed by atoms with Gasteiger partial charge < -0.3 is 5.11 Å². The van der Waals surface area contributed by atoms with Crippen molar-refractivity contribution in [2.75, 3.05) is 0 Å².